The summed E-state index contributed by atoms with van der Waals surface area (Å²) in [5.74, 6) is 1.50. The number of ether oxygens (including phenoxy) is 2. The van der Waals surface area contributed by atoms with Crippen molar-refractivity contribution in [2.45, 2.75) is 39.7 Å². The average Bonchev–Trinajstić information content (AvgIpc) is 3.24. The van der Waals surface area contributed by atoms with E-state index in [2.05, 4.69) is 9.88 Å². The molecule has 1 fully saturated rings. The molecule has 6 nitrogen and oxygen atoms in total. The normalized spacial score (nSPS) is 17.0. The Kier molecular flexibility index (Phi) is 5.89. The molecule has 2 heterocycles. The van der Waals surface area contributed by atoms with E-state index in [1.165, 1.54) is 6.92 Å². The molecule has 3 rings (SSSR count). The second-order valence-corrected chi connectivity index (χ2v) is 7.34. The minimum atomic E-state index is -0.0210. The average molecular weight is 384 g/mol. The van der Waals surface area contributed by atoms with Crippen molar-refractivity contribution >= 4 is 11.6 Å². The van der Waals surface area contributed by atoms with E-state index in [1.54, 1.807) is 14.2 Å². The molecule has 0 spiro atoms. The maximum atomic E-state index is 13.0. The molecule has 0 aliphatic carbocycles. The molecule has 0 amide bonds. The van der Waals surface area contributed by atoms with Crippen LogP contribution in [0.15, 0.2) is 18.2 Å². The van der Waals surface area contributed by atoms with E-state index < -0.39 is 0 Å². The molecule has 1 saturated heterocycles. The van der Waals surface area contributed by atoms with Crippen molar-refractivity contribution in [2.24, 2.45) is 0 Å². The zero-order chi connectivity index (χ0) is 20.4. The Morgan fingerprint density at radius 3 is 2.57 bits per heavy atom. The van der Waals surface area contributed by atoms with Crippen molar-refractivity contribution in [1.29, 1.82) is 0 Å². The van der Waals surface area contributed by atoms with E-state index in [0.29, 0.717) is 17.8 Å². The molecule has 0 radical (unpaired) electrons. The van der Waals surface area contributed by atoms with E-state index in [0.717, 1.165) is 47.7 Å². The number of aryl methyl sites for hydroxylation is 1. The van der Waals surface area contributed by atoms with Gasteiger partial charge in [-0.05, 0) is 51.8 Å². The number of hydrogen-bond acceptors (Lipinski definition) is 5. The molecule has 1 aliphatic rings. The summed E-state index contributed by atoms with van der Waals surface area (Å²) < 4.78 is 10.9. The van der Waals surface area contributed by atoms with Gasteiger partial charge in [-0.3, -0.25) is 14.5 Å². The number of rotatable bonds is 7. The van der Waals surface area contributed by atoms with Crippen molar-refractivity contribution in [3.8, 4) is 11.5 Å². The van der Waals surface area contributed by atoms with Crippen LogP contribution in [0.5, 0.6) is 11.5 Å². The highest BCUT2D eigenvalue weighted by Crippen LogP contribution is 2.38. The van der Waals surface area contributed by atoms with Crippen LogP contribution >= 0.6 is 0 Å². The zero-order valence-corrected chi connectivity index (χ0v) is 17.2. The lowest BCUT2D eigenvalue weighted by Gasteiger charge is -2.25. The topological polar surface area (TPSA) is 71.6 Å². The van der Waals surface area contributed by atoms with Gasteiger partial charge in [-0.2, -0.15) is 0 Å². The highest BCUT2D eigenvalue weighted by atomic mass is 16.5. The fourth-order valence-electron chi connectivity index (χ4n) is 4.28. The van der Waals surface area contributed by atoms with Gasteiger partial charge in [0, 0.05) is 28.9 Å². The van der Waals surface area contributed by atoms with Crippen molar-refractivity contribution < 1.29 is 19.1 Å². The molecular weight excluding hydrogens is 356 g/mol. The Morgan fingerprint density at radius 1 is 1.21 bits per heavy atom. The molecule has 1 aromatic carbocycles. The monoisotopic (exact) mass is 384 g/mol. The van der Waals surface area contributed by atoms with Crippen LogP contribution < -0.4 is 9.47 Å². The highest BCUT2D eigenvalue weighted by Gasteiger charge is 2.31. The van der Waals surface area contributed by atoms with E-state index in [-0.39, 0.29) is 17.6 Å². The molecule has 28 heavy (non-hydrogen) atoms. The fraction of sp³-hybridized carbons (Fsp3) is 0.455. The van der Waals surface area contributed by atoms with Crippen LogP contribution in [0, 0.1) is 13.8 Å². The van der Waals surface area contributed by atoms with Gasteiger partial charge >= 0.3 is 0 Å². The lowest BCUT2D eigenvalue weighted by atomic mass is 10.0. The van der Waals surface area contributed by atoms with E-state index in [4.69, 9.17) is 9.47 Å². The summed E-state index contributed by atoms with van der Waals surface area (Å²) in [6.45, 7) is 6.36. The van der Waals surface area contributed by atoms with E-state index >= 15 is 0 Å². The Hall–Kier alpha value is -2.60. The van der Waals surface area contributed by atoms with Crippen LogP contribution in [0.1, 0.15) is 63.5 Å². The van der Waals surface area contributed by atoms with E-state index in [9.17, 15) is 9.59 Å². The molecular formula is C22H28N2O4. The third kappa shape index (κ3) is 3.69. The van der Waals surface area contributed by atoms with Crippen molar-refractivity contribution in [2.75, 3.05) is 27.3 Å². The second-order valence-electron chi connectivity index (χ2n) is 7.34. The molecule has 0 unspecified atom stereocenters. The van der Waals surface area contributed by atoms with Gasteiger partial charge < -0.3 is 14.5 Å². The van der Waals surface area contributed by atoms with Gasteiger partial charge in [-0.15, -0.1) is 0 Å². The number of ketones is 2. The third-order valence-corrected chi connectivity index (χ3v) is 5.58. The molecule has 6 heteroatoms. The summed E-state index contributed by atoms with van der Waals surface area (Å²) in [6, 6.07) is 5.94. The first-order valence-electron chi connectivity index (χ1n) is 9.56. The van der Waals surface area contributed by atoms with Crippen LogP contribution in [-0.2, 0) is 0 Å². The second kappa shape index (κ2) is 8.19. The first-order valence-corrected chi connectivity index (χ1v) is 9.56. The minimum absolute atomic E-state index is 0.00692. The Bertz CT molecular complexity index is 900. The largest absolute Gasteiger partial charge is 0.497 e. The maximum Gasteiger partial charge on any atom is 0.193 e. The SMILES string of the molecule is COc1ccc([C@H]2CCCN2CC(=O)c2[nH]c(C)c(C(C)=O)c2C)c(OC)c1. The number of carbonyl (C=O) groups is 2. The van der Waals surface area contributed by atoms with E-state index in [1.807, 2.05) is 32.0 Å². The first kappa shape index (κ1) is 20.1. The summed E-state index contributed by atoms with van der Waals surface area (Å²) in [7, 11) is 3.28. The summed E-state index contributed by atoms with van der Waals surface area (Å²) >= 11 is 0. The number of benzene rings is 1. The van der Waals surface area contributed by atoms with Crippen molar-refractivity contribution in [3.63, 3.8) is 0 Å². The third-order valence-electron chi connectivity index (χ3n) is 5.58. The maximum absolute atomic E-state index is 13.0. The molecule has 1 atom stereocenters. The Morgan fingerprint density at radius 2 is 1.96 bits per heavy atom. The first-order chi connectivity index (χ1) is 13.4. The summed E-state index contributed by atoms with van der Waals surface area (Å²) in [5.41, 5.74) is 3.72. The van der Waals surface area contributed by atoms with Gasteiger partial charge in [-0.1, -0.05) is 6.07 Å². The number of likely N-dealkylation sites (tertiary alicyclic amines) is 1. The number of aromatic nitrogens is 1. The minimum Gasteiger partial charge on any atom is -0.497 e. The molecule has 150 valence electrons. The van der Waals surface area contributed by atoms with Crippen LogP contribution in [0.25, 0.3) is 0 Å². The van der Waals surface area contributed by atoms with Crippen LogP contribution in [0.2, 0.25) is 0 Å². The van der Waals surface area contributed by atoms with Gasteiger partial charge in [0.25, 0.3) is 0 Å². The molecule has 1 N–H and O–H groups in total. The number of H-pyrrole nitrogens is 1. The number of aromatic amines is 1. The number of hydrogen-bond donors (Lipinski definition) is 1. The lowest BCUT2D eigenvalue weighted by molar-refractivity contribution is 0.0915. The zero-order valence-electron chi connectivity index (χ0n) is 17.2. The summed E-state index contributed by atoms with van der Waals surface area (Å²) in [6.07, 6.45) is 1.99. The Labute approximate surface area is 165 Å². The quantitative estimate of drug-likeness (QED) is 0.734. The number of Topliss-reactive ketones (excluding diaryl/α,β-unsaturated/α-hetero) is 2. The van der Waals surface area contributed by atoms with Crippen molar-refractivity contribution in [1.82, 2.24) is 9.88 Å². The molecule has 1 aliphatic heterocycles. The fourth-order valence-corrected chi connectivity index (χ4v) is 4.28. The lowest BCUT2D eigenvalue weighted by Crippen LogP contribution is -2.30. The summed E-state index contributed by atoms with van der Waals surface area (Å²) in [4.78, 5) is 30.2. The highest BCUT2D eigenvalue weighted by molar-refractivity contribution is 6.04. The standard InChI is InChI=1S/C22H28N2O4/c1-13-21(15(3)25)14(2)23-22(13)19(26)12-24-10-6-7-18(24)17-9-8-16(27-4)11-20(17)28-5/h8-9,11,18,23H,6-7,10,12H2,1-5H3/t18-/m1/s1. The van der Waals surface area contributed by atoms with Crippen LogP contribution in [0.3, 0.4) is 0 Å². The van der Waals surface area contributed by atoms with Crippen LogP contribution in [-0.4, -0.2) is 48.8 Å². The number of nitrogens with one attached hydrogen (secondary N) is 1. The number of carbonyl (C=O) groups excluding carboxylic acids is 2. The van der Waals surface area contributed by atoms with Crippen LogP contribution in [0.4, 0.5) is 0 Å². The molecule has 2 aromatic rings. The van der Waals surface area contributed by atoms with Crippen molar-refractivity contribution in [3.05, 3.63) is 46.3 Å². The molecule has 0 bridgehead atoms. The number of nitrogens with zero attached hydrogens (tertiary/aromatic N) is 1. The summed E-state index contributed by atoms with van der Waals surface area (Å²) in [5, 5.41) is 0. The number of methoxy groups -OCH3 is 2. The smallest absolute Gasteiger partial charge is 0.193 e. The van der Waals surface area contributed by atoms with Gasteiger partial charge in [-0.25, -0.2) is 0 Å². The predicted octanol–water partition coefficient (Wildman–Crippen LogP) is 3.87. The van der Waals surface area contributed by atoms with Gasteiger partial charge in [0.05, 0.1) is 26.5 Å². The van der Waals surface area contributed by atoms with Gasteiger partial charge in [0.1, 0.15) is 11.5 Å². The predicted molar refractivity (Wildman–Crippen MR) is 108 cm³/mol. The molecule has 1 aromatic heterocycles. The van der Waals surface area contributed by atoms with Gasteiger partial charge in [0.2, 0.25) is 0 Å². The molecule has 0 saturated carbocycles. The van der Waals surface area contributed by atoms with Gasteiger partial charge in [0.15, 0.2) is 11.6 Å². The Balaban J connectivity index is 1.84.